The first-order valence-corrected chi connectivity index (χ1v) is 6.01. The van der Waals surface area contributed by atoms with Crippen LogP contribution in [0, 0.1) is 0 Å². The van der Waals surface area contributed by atoms with Crippen LogP contribution in [-0.4, -0.2) is 43.0 Å². The highest BCUT2D eigenvalue weighted by molar-refractivity contribution is 6.34. The van der Waals surface area contributed by atoms with Gasteiger partial charge in [0.05, 0.1) is 5.56 Å². The van der Waals surface area contributed by atoms with Gasteiger partial charge in [0, 0.05) is 6.54 Å². The minimum atomic E-state index is -0.224. The Hall–Kier alpha value is -0.840. The maximum Gasteiger partial charge on any atom is 0.254 e. The standard InChI is InChI=1S/C11H15Cl2N3O/c1-16(2)7-3-6-14-11(17)8-4-5-9(12)15-10(8)13/h4-5H,3,6-7H2,1-2H3,(H,14,17). The molecule has 1 rings (SSSR count). The molecule has 0 aliphatic rings. The van der Waals surface area contributed by atoms with Crippen molar-refractivity contribution in [2.24, 2.45) is 0 Å². The van der Waals surface area contributed by atoms with Crippen LogP contribution in [0.1, 0.15) is 16.8 Å². The maximum atomic E-state index is 11.7. The molecule has 1 aromatic rings. The van der Waals surface area contributed by atoms with Crippen molar-refractivity contribution in [2.75, 3.05) is 27.2 Å². The summed E-state index contributed by atoms with van der Waals surface area (Å²) in [6, 6.07) is 3.11. The molecule has 0 fully saturated rings. The number of carbonyl (C=O) groups is 1. The highest BCUT2D eigenvalue weighted by Gasteiger charge is 2.10. The van der Waals surface area contributed by atoms with E-state index in [0.29, 0.717) is 12.1 Å². The van der Waals surface area contributed by atoms with Crippen LogP contribution in [0.15, 0.2) is 12.1 Å². The predicted octanol–water partition coefficient (Wildman–Crippen LogP) is 2.07. The number of pyridine rings is 1. The largest absolute Gasteiger partial charge is 0.352 e. The molecule has 94 valence electrons. The number of nitrogens with zero attached hydrogens (tertiary/aromatic N) is 2. The Morgan fingerprint density at radius 2 is 2.12 bits per heavy atom. The summed E-state index contributed by atoms with van der Waals surface area (Å²) in [5, 5.41) is 3.19. The first-order chi connectivity index (χ1) is 8.00. The molecule has 1 aromatic heterocycles. The second-order valence-electron chi connectivity index (χ2n) is 3.89. The molecule has 0 spiro atoms. The lowest BCUT2D eigenvalue weighted by Crippen LogP contribution is -2.27. The molecule has 0 saturated heterocycles. The van der Waals surface area contributed by atoms with Gasteiger partial charge >= 0.3 is 0 Å². The van der Waals surface area contributed by atoms with Gasteiger partial charge < -0.3 is 10.2 Å². The highest BCUT2D eigenvalue weighted by Crippen LogP contribution is 2.16. The van der Waals surface area contributed by atoms with Crippen LogP contribution in [-0.2, 0) is 0 Å². The fraction of sp³-hybridized carbons (Fsp3) is 0.455. The number of nitrogens with one attached hydrogen (secondary N) is 1. The molecule has 0 radical (unpaired) electrons. The molecule has 0 atom stereocenters. The van der Waals surface area contributed by atoms with Crippen LogP contribution in [0.4, 0.5) is 0 Å². The van der Waals surface area contributed by atoms with Gasteiger partial charge in [0.15, 0.2) is 0 Å². The van der Waals surface area contributed by atoms with Gasteiger partial charge in [0.1, 0.15) is 10.3 Å². The van der Waals surface area contributed by atoms with Gasteiger partial charge in [-0.3, -0.25) is 4.79 Å². The molecule has 4 nitrogen and oxygen atoms in total. The zero-order valence-corrected chi connectivity index (χ0v) is 11.3. The molecule has 6 heteroatoms. The third kappa shape index (κ3) is 4.89. The summed E-state index contributed by atoms with van der Waals surface area (Å²) in [5.74, 6) is -0.224. The number of aromatic nitrogens is 1. The number of hydrogen-bond donors (Lipinski definition) is 1. The lowest BCUT2D eigenvalue weighted by molar-refractivity contribution is 0.0952. The van der Waals surface area contributed by atoms with Gasteiger partial charge in [0.25, 0.3) is 5.91 Å². The molecule has 1 amide bonds. The molecule has 1 N–H and O–H groups in total. The number of amides is 1. The van der Waals surface area contributed by atoms with Crippen molar-refractivity contribution < 1.29 is 4.79 Å². The van der Waals surface area contributed by atoms with Crippen molar-refractivity contribution in [3.05, 3.63) is 28.0 Å². The van der Waals surface area contributed by atoms with E-state index in [2.05, 4.69) is 15.2 Å². The van der Waals surface area contributed by atoms with Gasteiger partial charge in [-0.25, -0.2) is 4.98 Å². The SMILES string of the molecule is CN(C)CCCNC(=O)c1ccc(Cl)nc1Cl. The number of halogens is 2. The van der Waals surface area contributed by atoms with Crippen molar-refractivity contribution >= 4 is 29.1 Å². The van der Waals surface area contributed by atoms with Crippen LogP contribution >= 0.6 is 23.2 Å². The summed E-state index contributed by atoms with van der Waals surface area (Å²) in [7, 11) is 3.98. The Balaban J connectivity index is 2.47. The average molecular weight is 276 g/mol. The van der Waals surface area contributed by atoms with Crippen molar-refractivity contribution in [3.63, 3.8) is 0 Å². The van der Waals surface area contributed by atoms with E-state index >= 15 is 0 Å². The first kappa shape index (κ1) is 14.2. The third-order valence-corrected chi connectivity index (χ3v) is 2.63. The molecule has 0 bridgehead atoms. The summed E-state index contributed by atoms with van der Waals surface area (Å²) < 4.78 is 0. The van der Waals surface area contributed by atoms with Gasteiger partial charge in [-0.05, 0) is 39.2 Å². The number of rotatable bonds is 5. The fourth-order valence-corrected chi connectivity index (χ4v) is 1.70. The van der Waals surface area contributed by atoms with Crippen molar-refractivity contribution in [2.45, 2.75) is 6.42 Å². The van der Waals surface area contributed by atoms with Gasteiger partial charge in [-0.15, -0.1) is 0 Å². The lowest BCUT2D eigenvalue weighted by atomic mass is 10.2. The van der Waals surface area contributed by atoms with Crippen LogP contribution in [0.2, 0.25) is 10.3 Å². The molecular formula is C11H15Cl2N3O. The Bertz CT molecular complexity index is 396. The van der Waals surface area contributed by atoms with E-state index < -0.39 is 0 Å². The summed E-state index contributed by atoms with van der Waals surface area (Å²) in [6.45, 7) is 1.53. The van der Waals surface area contributed by atoms with Gasteiger partial charge in [0.2, 0.25) is 0 Å². The average Bonchev–Trinajstić information content (AvgIpc) is 2.23. The van der Waals surface area contributed by atoms with Crippen molar-refractivity contribution in [1.29, 1.82) is 0 Å². The predicted molar refractivity (Wildman–Crippen MR) is 69.8 cm³/mol. The monoisotopic (exact) mass is 275 g/mol. The molecule has 0 aliphatic heterocycles. The van der Waals surface area contributed by atoms with E-state index in [4.69, 9.17) is 23.2 Å². The first-order valence-electron chi connectivity index (χ1n) is 5.25. The summed E-state index contributed by atoms with van der Waals surface area (Å²) in [5.41, 5.74) is 0.348. The number of carbonyl (C=O) groups excluding carboxylic acids is 1. The molecule has 0 saturated carbocycles. The second-order valence-corrected chi connectivity index (χ2v) is 4.63. The van der Waals surface area contributed by atoms with E-state index in [1.165, 1.54) is 0 Å². The smallest absolute Gasteiger partial charge is 0.254 e. The van der Waals surface area contributed by atoms with Crippen LogP contribution < -0.4 is 5.32 Å². The second kappa shape index (κ2) is 6.79. The fourth-order valence-electron chi connectivity index (χ4n) is 1.27. The van der Waals surface area contributed by atoms with E-state index in [1.807, 2.05) is 14.1 Å². The molecule has 0 unspecified atom stereocenters. The van der Waals surface area contributed by atoms with E-state index in [9.17, 15) is 4.79 Å². The Morgan fingerprint density at radius 1 is 1.41 bits per heavy atom. The summed E-state index contributed by atoms with van der Waals surface area (Å²) >= 11 is 11.5. The van der Waals surface area contributed by atoms with E-state index in [1.54, 1.807) is 12.1 Å². The Morgan fingerprint density at radius 3 is 2.71 bits per heavy atom. The van der Waals surface area contributed by atoms with Crippen LogP contribution in [0.3, 0.4) is 0 Å². The zero-order chi connectivity index (χ0) is 12.8. The molecule has 0 aromatic carbocycles. The Labute approximate surface area is 111 Å². The molecular weight excluding hydrogens is 261 g/mol. The summed E-state index contributed by atoms with van der Waals surface area (Å²) in [4.78, 5) is 17.6. The van der Waals surface area contributed by atoms with Gasteiger partial charge in [-0.2, -0.15) is 0 Å². The highest BCUT2D eigenvalue weighted by atomic mass is 35.5. The van der Waals surface area contributed by atoms with Crippen molar-refractivity contribution in [3.8, 4) is 0 Å². The zero-order valence-electron chi connectivity index (χ0n) is 9.83. The lowest BCUT2D eigenvalue weighted by Gasteiger charge is -2.10. The minimum Gasteiger partial charge on any atom is -0.352 e. The van der Waals surface area contributed by atoms with Crippen LogP contribution in [0.5, 0.6) is 0 Å². The topological polar surface area (TPSA) is 45.2 Å². The third-order valence-electron chi connectivity index (χ3n) is 2.13. The normalized spacial score (nSPS) is 10.6. The minimum absolute atomic E-state index is 0.127. The molecule has 17 heavy (non-hydrogen) atoms. The van der Waals surface area contributed by atoms with E-state index in [-0.39, 0.29) is 16.2 Å². The van der Waals surface area contributed by atoms with Crippen molar-refractivity contribution in [1.82, 2.24) is 15.2 Å². The van der Waals surface area contributed by atoms with Crippen LogP contribution in [0.25, 0.3) is 0 Å². The van der Waals surface area contributed by atoms with E-state index in [0.717, 1.165) is 13.0 Å². The van der Waals surface area contributed by atoms with Gasteiger partial charge in [-0.1, -0.05) is 23.2 Å². The number of hydrogen-bond acceptors (Lipinski definition) is 3. The molecule has 0 aliphatic carbocycles. The Kier molecular flexibility index (Phi) is 5.68. The maximum absolute atomic E-state index is 11.7. The molecule has 1 heterocycles. The summed E-state index contributed by atoms with van der Waals surface area (Å²) in [6.07, 6.45) is 0.886. The quantitative estimate of drug-likeness (QED) is 0.661.